The van der Waals surface area contributed by atoms with Gasteiger partial charge in [0.05, 0.1) is 0 Å². The Kier molecular flexibility index (Phi) is 2.09. The van der Waals surface area contributed by atoms with E-state index in [0.29, 0.717) is 0 Å². The molecule has 0 aromatic heterocycles. The Hall–Kier alpha value is -0.370. The summed E-state index contributed by atoms with van der Waals surface area (Å²) in [5.74, 6) is 0.288. The third-order valence-electron chi connectivity index (χ3n) is 2.08. The van der Waals surface area contributed by atoms with Crippen molar-refractivity contribution in [3.8, 4) is 0 Å². The normalized spacial score (nSPS) is 31.6. The minimum absolute atomic E-state index is 0.170. The minimum Gasteiger partial charge on any atom is -0.312 e. The van der Waals surface area contributed by atoms with Crippen LogP contribution in [-0.4, -0.2) is 18.4 Å². The molecule has 1 unspecified atom stereocenters. The first-order valence-electron chi connectivity index (χ1n) is 3.84. The van der Waals surface area contributed by atoms with Gasteiger partial charge >= 0.3 is 0 Å². The zero-order chi connectivity index (χ0) is 7.61. The van der Waals surface area contributed by atoms with Crippen LogP contribution in [0.3, 0.4) is 0 Å². The standard InChI is InChI=1S/C8H15NO/c1-8(2)5-7(6-10)3-4-9-8/h6-7,9H,3-5H2,1-2H3. The maximum Gasteiger partial charge on any atom is 0.123 e. The molecule has 0 bridgehead atoms. The van der Waals surface area contributed by atoms with Crippen molar-refractivity contribution in [1.29, 1.82) is 0 Å². The Labute approximate surface area is 62.0 Å². The number of hydrogen-bond acceptors (Lipinski definition) is 2. The molecule has 0 amide bonds. The molecule has 1 atom stereocenters. The monoisotopic (exact) mass is 141 g/mol. The van der Waals surface area contributed by atoms with Gasteiger partial charge in [-0.1, -0.05) is 0 Å². The number of hydrogen-bond donors (Lipinski definition) is 1. The number of rotatable bonds is 1. The van der Waals surface area contributed by atoms with E-state index in [2.05, 4.69) is 19.2 Å². The molecule has 0 saturated carbocycles. The molecule has 1 N–H and O–H groups in total. The maximum absolute atomic E-state index is 10.4. The highest BCUT2D eigenvalue weighted by Crippen LogP contribution is 2.21. The summed E-state index contributed by atoms with van der Waals surface area (Å²) in [7, 11) is 0. The van der Waals surface area contributed by atoms with Crippen LogP contribution in [0.2, 0.25) is 0 Å². The van der Waals surface area contributed by atoms with Gasteiger partial charge in [0.25, 0.3) is 0 Å². The van der Waals surface area contributed by atoms with Crippen molar-refractivity contribution in [3.05, 3.63) is 0 Å². The molecular weight excluding hydrogens is 126 g/mol. The Morgan fingerprint density at radius 1 is 1.60 bits per heavy atom. The zero-order valence-corrected chi connectivity index (χ0v) is 6.68. The molecule has 2 heteroatoms. The molecule has 0 spiro atoms. The topological polar surface area (TPSA) is 29.1 Å². The van der Waals surface area contributed by atoms with Gasteiger partial charge in [-0.2, -0.15) is 0 Å². The molecular formula is C8H15NO. The van der Waals surface area contributed by atoms with Crippen LogP contribution in [0.1, 0.15) is 26.7 Å². The lowest BCUT2D eigenvalue weighted by molar-refractivity contribution is -0.112. The van der Waals surface area contributed by atoms with E-state index in [9.17, 15) is 4.79 Å². The van der Waals surface area contributed by atoms with Gasteiger partial charge in [-0.25, -0.2) is 0 Å². The van der Waals surface area contributed by atoms with Crippen molar-refractivity contribution >= 4 is 6.29 Å². The van der Waals surface area contributed by atoms with Gasteiger partial charge in [0.2, 0.25) is 0 Å². The summed E-state index contributed by atoms with van der Waals surface area (Å²) in [4.78, 5) is 10.4. The summed E-state index contributed by atoms with van der Waals surface area (Å²) >= 11 is 0. The second-order valence-corrected chi connectivity index (χ2v) is 3.70. The van der Waals surface area contributed by atoms with Crippen LogP contribution < -0.4 is 5.32 Å². The van der Waals surface area contributed by atoms with Crippen molar-refractivity contribution in [2.24, 2.45) is 5.92 Å². The van der Waals surface area contributed by atoms with Gasteiger partial charge < -0.3 is 10.1 Å². The predicted molar refractivity (Wildman–Crippen MR) is 40.9 cm³/mol. The molecule has 1 heterocycles. The minimum atomic E-state index is 0.170. The number of piperidine rings is 1. The number of nitrogens with one attached hydrogen (secondary N) is 1. The average molecular weight is 141 g/mol. The fraction of sp³-hybridized carbons (Fsp3) is 0.875. The van der Waals surface area contributed by atoms with E-state index in [1.807, 2.05) is 0 Å². The second kappa shape index (κ2) is 2.70. The molecule has 1 aliphatic rings. The van der Waals surface area contributed by atoms with Crippen LogP contribution >= 0.6 is 0 Å². The third kappa shape index (κ3) is 1.81. The molecule has 0 radical (unpaired) electrons. The van der Waals surface area contributed by atoms with Crippen LogP contribution in [0.25, 0.3) is 0 Å². The fourth-order valence-corrected chi connectivity index (χ4v) is 1.54. The third-order valence-corrected chi connectivity index (χ3v) is 2.08. The molecule has 2 nitrogen and oxygen atoms in total. The first-order chi connectivity index (χ1) is 4.64. The van der Waals surface area contributed by atoms with E-state index < -0.39 is 0 Å². The fourth-order valence-electron chi connectivity index (χ4n) is 1.54. The molecule has 1 aliphatic heterocycles. The lowest BCUT2D eigenvalue weighted by Gasteiger charge is -2.34. The largest absolute Gasteiger partial charge is 0.312 e. The Balaban J connectivity index is 2.47. The molecule has 0 aromatic rings. The summed E-state index contributed by atoms with van der Waals surface area (Å²) < 4.78 is 0. The molecule has 0 aliphatic carbocycles. The average Bonchev–Trinajstić information content (AvgIpc) is 1.86. The van der Waals surface area contributed by atoms with Crippen LogP contribution in [0.5, 0.6) is 0 Å². The van der Waals surface area contributed by atoms with Crippen molar-refractivity contribution < 1.29 is 4.79 Å². The van der Waals surface area contributed by atoms with Crippen LogP contribution in [0.15, 0.2) is 0 Å². The number of carbonyl (C=O) groups excluding carboxylic acids is 1. The van der Waals surface area contributed by atoms with E-state index in [0.717, 1.165) is 25.7 Å². The van der Waals surface area contributed by atoms with Gasteiger partial charge in [0, 0.05) is 11.5 Å². The lowest BCUT2D eigenvalue weighted by Crippen LogP contribution is -2.46. The highest BCUT2D eigenvalue weighted by atomic mass is 16.1. The van der Waals surface area contributed by atoms with E-state index in [4.69, 9.17) is 0 Å². The van der Waals surface area contributed by atoms with Crippen LogP contribution in [0, 0.1) is 5.92 Å². The van der Waals surface area contributed by atoms with E-state index in [-0.39, 0.29) is 11.5 Å². The molecule has 1 saturated heterocycles. The predicted octanol–water partition coefficient (Wildman–Crippen LogP) is 0.964. The molecule has 0 aromatic carbocycles. The van der Waals surface area contributed by atoms with E-state index in [1.165, 1.54) is 0 Å². The summed E-state index contributed by atoms with van der Waals surface area (Å²) in [5, 5.41) is 3.36. The highest BCUT2D eigenvalue weighted by molar-refractivity contribution is 5.53. The molecule has 1 rings (SSSR count). The van der Waals surface area contributed by atoms with Crippen molar-refractivity contribution in [1.82, 2.24) is 5.32 Å². The smallest absolute Gasteiger partial charge is 0.123 e. The second-order valence-electron chi connectivity index (χ2n) is 3.70. The first kappa shape index (κ1) is 7.73. The molecule has 10 heavy (non-hydrogen) atoms. The Morgan fingerprint density at radius 2 is 2.30 bits per heavy atom. The Morgan fingerprint density at radius 3 is 2.70 bits per heavy atom. The van der Waals surface area contributed by atoms with Crippen molar-refractivity contribution in [2.75, 3.05) is 6.54 Å². The Bertz CT molecular complexity index is 131. The quantitative estimate of drug-likeness (QED) is 0.551. The van der Waals surface area contributed by atoms with Gasteiger partial charge in [-0.05, 0) is 33.2 Å². The van der Waals surface area contributed by atoms with E-state index in [1.54, 1.807) is 0 Å². The lowest BCUT2D eigenvalue weighted by atomic mass is 9.86. The zero-order valence-electron chi connectivity index (χ0n) is 6.68. The summed E-state index contributed by atoms with van der Waals surface area (Å²) in [6.45, 7) is 5.27. The van der Waals surface area contributed by atoms with Crippen LogP contribution in [-0.2, 0) is 4.79 Å². The van der Waals surface area contributed by atoms with Crippen molar-refractivity contribution in [2.45, 2.75) is 32.2 Å². The van der Waals surface area contributed by atoms with Gasteiger partial charge in [-0.3, -0.25) is 0 Å². The van der Waals surface area contributed by atoms with Gasteiger partial charge in [-0.15, -0.1) is 0 Å². The summed E-state index contributed by atoms with van der Waals surface area (Å²) in [5.41, 5.74) is 0.170. The van der Waals surface area contributed by atoms with Gasteiger partial charge in [0.15, 0.2) is 0 Å². The van der Waals surface area contributed by atoms with E-state index >= 15 is 0 Å². The first-order valence-corrected chi connectivity index (χ1v) is 3.84. The van der Waals surface area contributed by atoms with Crippen molar-refractivity contribution in [3.63, 3.8) is 0 Å². The number of aldehydes is 1. The van der Waals surface area contributed by atoms with Gasteiger partial charge in [0.1, 0.15) is 6.29 Å². The number of carbonyl (C=O) groups is 1. The highest BCUT2D eigenvalue weighted by Gasteiger charge is 2.26. The summed E-state index contributed by atoms with van der Waals surface area (Å²) in [6.07, 6.45) is 3.08. The summed E-state index contributed by atoms with van der Waals surface area (Å²) in [6, 6.07) is 0. The molecule has 58 valence electrons. The van der Waals surface area contributed by atoms with Crippen LogP contribution in [0.4, 0.5) is 0 Å². The molecule has 1 fully saturated rings. The maximum atomic E-state index is 10.4. The SMILES string of the molecule is CC1(C)CC(C=O)CCN1.